The standard InChI is InChI=1S/C11H20/c1-5-11(4)9-7-6-8-10(2)3/h7-9,11H,5-6H2,1-4H3. The van der Waals surface area contributed by atoms with Gasteiger partial charge in [-0.1, -0.05) is 44.1 Å². The van der Waals surface area contributed by atoms with Gasteiger partial charge in [0.1, 0.15) is 0 Å². The summed E-state index contributed by atoms with van der Waals surface area (Å²) in [4.78, 5) is 0. The molecule has 0 amide bonds. The smallest absolute Gasteiger partial charge is 0.0167 e. The van der Waals surface area contributed by atoms with Crippen LogP contribution in [-0.2, 0) is 0 Å². The van der Waals surface area contributed by atoms with Gasteiger partial charge in [-0.25, -0.2) is 0 Å². The third kappa shape index (κ3) is 7.38. The summed E-state index contributed by atoms with van der Waals surface area (Å²) in [5.41, 5.74) is 1.40. The quantitative estimate of drug-likeness (QED) is 0.535. The van der Waals surface area contributed by atoms with Crippen LogP contribution >= 0.6 is 0 Å². The van der Waals surface area contributed by atoms with Crippen LogP contribution in [0.15, 0.2) is 23.8 Å². The van der Waals surface area contributed by atoms with Crippen LogP contribution in [0, 0.1) is 5.92 Å². The summed E-state index contributed by atoms with van der Waals surface area (Å²) >= 11 is 0. The summed E-state index contributed by atoms with van der Waals surface area (Å²) < 4.78 is 0. The highest BCUT2D eigenvalue weighted by atomic mass is 13.9. The molecule has 0 aromatic heterocycles. The topological polar surface area (TPSA) is 0 Å². The van der Waals surface area contributed by atoms with Gasteiger partial charge in [-0.2, -0.15) is 0 Å². The van der Waals surface area contributed by atoms with Gasteiger partial charge in [-0.3, -0.25) is 0 Å². The molecule has 0 aromatic carbocycles. The molecule has 0 saturated heterocycles. The molecule has 64 valence electrons. The average molecular weight is 152 g/mol. The molecule has 0 aliphatic heterocycles. The molecule has 1 atom stereocenters. The maximum absolute atomic E-state index is 2.29. The molecule has 0 heteroatoms. The molecular formula is C11H20. The van der Waals surface area contributed by atoms with Gasteiger partial charge >= 0.3 is 0 Å². The van der Waals surface area contributed by atoms with Crippen molar-refractivity contribution < 1.29 is 0 Å². The molecule has 0 bridgehead atoms. The van der Waals surface area contributed by atoms with E-state index in [1.165, 1.54) is 12.0 Å². The summed E-state index contributed by atoms with van der Waals surface area (Å²) in [7, 11) is 0. The first kappa shape index (κ1) is 10.5. The zero-order chi connectivity index (χ0) is 8.69. The molecule has 0 aromatic rings. The Bertz CT molecular complexity index is 136. The third-order valence-corrected chi connectivity index (χ3v) is 1.77. The Morgan fingerprint density at radius 1 is 1.36 bits per heavy atom. The van der Waals surface area contributed by atoms with E-state index < -0.39 is 0 Å². The summed E-state index contributed by atoms with van der Waals surface area (Å²) in [5, 5.41) is 0. The molecule has 0 fully saturated rings. The molecule has 0 saturated carbocycles. The van der Waals surface area contributed by atoms with Gasteiger partial charge in [-0.15, -0.1) is 0 Å². The Kier molecular flexibility index (Phi) is 5.91. The van der Waals surface area contributed by atoms with E-state index in [0.29, 0.717) is 0 Å². The van der Waals surface area contributed by atoms with E-state index in [1.807, 2.05) is 0 Å². The predicted molar refractivity (Wildman–Crippen MR) is 52.6 cm³/mol. The molecule has 0 spiro atoms. The highest BCUT2D eigenvalue weighted by Gasteiger charge is 1.88. The number of allylic oxidation sites excluding steroid dienone is 4. The minimum atomic E-state index is 0.737. The van der Waals surface area contributed by atoms with Gasteiger partial charge in [0.25, 0.3) is 0 Å². The Balaban J connectivity index is 3.52. The lowest BCUT2D eigenvalue weighted by Gasteiger charge is -1.97. The minimum absolute atomic E-state index is 0.737. The molecule has 0 rings (SSSR count). The average Bonchev–Trinajstić information content (AvgIpc) is 1.97. The van der Waals surface area contributed by atoms with E-state index >= 15 is 0 Å². The highest BCUT2D eigenvalue weighted by molar-refractivity contribution is 4.99. The van der Waals surface area contributed by atoms with Crippen LogP contribution in [0.1, 0.15) is 40.5 Å². The van der Waals surface area contributed by atoms with Crippen LogP contribution in [0.25, 0.3) is 0 Å². The monoisotopic (exact) mass is 152 g/mol. The second-order valence-corrected chi connectivity index (χ2v) is 3.33. The zero-order valence-corrected chi connectivity index (χ0v) is 8.22. The van der Waals surface area contributed by atoms with Crippen LogP contribution < -0.4 is 0 Å². The Morgan fingerprint density at radius 3 is 2.45 bits per heavy atom. The molecule has 0 nitrogen and oxygen atoms in total. The van der Waals surface area contributed by atoms with Crippen molar-refractivity contribution in [3.8, 4) is 0 Å². The second-order valence-electron chi connectivity index (χ2n) is 3.33. The first-order valence-corrected chi connectivity index (χ1v) is 4.46. The Hall–Kier alpha value is -0.520. The molecule has 11 heavy (non-hydrogen) atoms. The van der Waals surface area contributed by atoms with E-state index in [2.05, 4.69) is 45.9 Å². The highest BCUT2D eigenvalue weighted by Crippen LogP contribution is 2.03. The van der Waals surface area contributed by atoms with E-state index in [9.17, 15) is 0 Å². The predicted octanol–water partition coefficient (Wildman–Crippen LogP) is 3.95. The van der Waals surface area contributed by atoms with E-state index in [1.54, 1.807) is 0 Å². The summed E-state index contributed by atoms with van der Waals surface area (Å²) in [5.74, 6) is 0.737. The van der Waals surface area contributed by atoms with Gasteiger partial charge in [-0.05, 0) is 26.2 Å². The fourth-order valence-electron chi connectivity index (χ4n) is 0.751. The van der Waals surface area contributed by atoms with Crippen molar-refractivity contribution in [1.29, 1.82) is 0 Å². The summed E-state index contributed by atoms with van der Waals surface area (Å²) in [6.45, 7) is 8.74. The number of hydrogen-bond acceptors (Lipinski definition) is 0. The minimum Gasteiger partial charge on any atom is -0.0854 e. The van der Waals surface area contributed by atoms with Crippen molar-refractivity contribution in [2.45, 2.75) is 40.5 Å². The molecule has 0 aliphatic carbocycles. The molecular weight excluding hydrogens is 132 g/mol. The van der Waals surface area contributed by atoms with Crippen molar-refractivity contribution in [3.63, 3.8) is 0 Å². The maximum Gasteiger partial charge on any atom is -0.0167 e. The Labute approximate surface area is 71.0 Å². The van der Waals surface area contributed by atoms with Crippen molar-refractivity contribution in [2.24, 2.45) is 5.92 Å². The molecule has 0 aliphatic rings. The third-order valence-electron chi connectivity index (χ3n) is 1.77. The summed E-state index contributed by atoms with van der Waals surface area (Å²) in [6.07, 6.45) is 9.12. The SMILES string of the molecule is CCC(C)C=CCC=C(C)C. The van der Waals surface area contributed by atoms with E-state index in [-0.39, 0.29) is 0 Å². The van der Waals surface area contributed by atoms with Crippen molar-refractivity contribution in [3.05, 3.63) is 23.8 Å². The first-order valence-electron chi connectivity index (χ1n) is 4.46. The van der Waals surface area contributed by atoms with Crippen molar-refractivity contribution >= 4 is 0 Å². The van der Waals surface area contributed by atoms with Crippen LogP contribution in [0.3, 0.4) is 0 Å². The van der Waals surface area contributed by atoms with Gasteiger partial charge < -0.3 is 0 Å². The number of rotatable bonds is 4. The fraction of sp³-hybridized carbons (Fsp3) is 0.636. The van der Waals surface area contributed by atoms with Gasteiger partial charge in [0.2, 0.25) is 0 Å². The maximum atomic E-state index is 2.29. The van der Waals surface area contributed by atoms with Crippen molar-refractivity contribution in [1.82, 2.24) is 0 Å². The lowest BCUT2D eigenvalue weighted by molar-refractivity contribution is 0.696. The lowest BCUT2D eigenvalue weighted by Crippen LogP contribution is -1.83. The fourth-order valence-corrected chi connectivity index (χ4v) is 0.751. The first-order chi connectivity index (χ1) is 5.16. The largest absolute Gasteiger partial charge is 0.0854 e. The van der Waals surface area contributed by atoms with Crippen LogP contribution in [0.2, 0.25) is 0 Å². The molecule has 0 heterocycles. The normalized spacial score (nSPS) is 13.5. The molecule has 1 unspecified atom stereocenters. The Morgan fingerprint density at radius 2 is 2.00 bits per heavy atom. The van der Waals surface area contributed by atoms with E-state index in [0.717, 1.165) is 12.3 Å². The van der Waals surface area contributed by atoms with Crippen LogP contribution in [0.5, 0.6) is 0 Å². The van der Waals surface area contributed by atoms with Gasteiger partial charge in [0.05, 0.1) is 0 Å². The summed E-state index contributed by atoms with van der Waals surface area (Å²) in [6, 6.07) is 0. The van der Waals surface area contributed by atoms with Crippen LogP contribution in [0.4, 0.5) is 0 Å². The number of hydrogen-bond donors (Lipinski definition) is 0. The molecule has 0 radical (unpaired) electrons. The second kappa shape index (κ2) is 6.21. The zero-order valence-electron chi connectivity index (χ0n) is 8.22. The van der Waals surface area contributed by atoms with E-state index in [4.69, 9.17) is 0 Å². The lowest BCUT2D eigenvalue weighted by atomic mass is 10.1. The van der Waals surface area contributed by atoms with Crippen molar-refractivity contribution in [2.75, 3.05) is 0 Å². The van der Waals surface area contributed by atoms with Gasteiger partial charge in [0, 0.05) is 0 Å². The molecule has 0 N–H and O–H groups in total. The van der Waals surface area contributed by atoms with Gasteiger partial charge in [0.15, 0.2) is 0 Å². The van der Waals surface area contributed by atoms with Crippen LogP contribution in [-0.4, -0.2) is 0 Å².